The molecule has 0 unspecified atom stereocenters. The summed E-state index contributed by atoms with van der Waals surface area (Å²) < 4.78 is 10.9. The van der Waals surface area contributed by atoms with Crippen LogP contribution in [0.15, 0.2) is 59.1 Å². The van der Waals surface area contributed by atoms with Gasteiger partial charge in [-0.3, -0.25) is 4.79 Å². The zero-order chi connectivity index (χ0) is 17.6. The molecule has 0 saturated heterocycles. The third kappa shape index (κ3) is 4.33. The predicted octanol–water partition coefficient (Wildman–Crippen LogP) is 4.06. The van der Waals surface area contributed by atoms with Crippen molar-refractivity contribution >= 4 is 5.97 Å². The summed E-state index contributed by atoms with van der Waals surface area (Å²) >= 11 is 0. The van der Waals surface area contributed by atoms with E-state index in [1.165, 1.54) is 5.56 Å². The van der Waals surface area contributed by atoms with E-state index in [1.54, 1.807) is 30.5 Å². The molecule has 5 heteroatoms. The first-order chi connectivity index (χ1) is 12.1. The van der Waals surface area contributed by atoms with Crippen LogP contribution in [0.25, 0.3) is 11.3 Å². The number of rotatable bonds is 5. The van der Waals surface area contributed by atoms with Crippen molar-refractivity contribution < 1.29 is 13.9 Å². The minimum absolute atomic E-state index is 0.161. The third-order valence-corrected chi connectivity index (χ3v) is 3.65. The van der Waals surface area contributed by atoms with Gasteiger partial charge in [-0.2, -0.15) is 5.26 Å². The maximum Gasteiger partial charge on any atom is 0.311 e. The van der Waals surface area contributed by atoms with E-state index in [0.29, 0.717) is 29.4 Å². The Hall–Kier alpha value is -3.39. The Kier molecular flexibility index (Phi) is 4.91. The van der Waals surface area contributed by atoms with Gasteiger partial charge in [0.2, 0.25) is 0 Å². The van der Waals surface area contributed by atoms with E-state index >= 15 is 0 Å². The van der Waals surface area contributed by atoms with E-state index in [2.05, 4.69) is 4.98 Å². The fourth-order valence-electron chi connectivity index (χ4n) is 2.27. The number of esters is 1. The maximum absolute atomic E-state index is 11.9. The van der Waals surface area contributed by atoms with Gasteiger partial charge in [-0.25, -0.2) is 4.98 Å². The Bertz CT molecular complexity index is 903. The van der Waals surface area contributed by atoms with E-state index in [4.69, 9.17) is 14.4 Å². The lowest BCUT2D eigenvalue weighted by molar-refractivity contribution is -0.134. The average molecular weight is 332 g/mol. The summed E-state index contributed by atoms with van der Waals surface area (Å²) in [5.41, 5.74) is 2.64. The Morgan fingerprint density at radius 2 is 1.88 bits per heavy atom. The smallest absolute Gasteiger partial charge is 0.311 e. The van der Waals surface area contributed by atoms with Gasteiger partial charge in [-0.05, 0) is 31.2 Å². The van der Waals surface area contributed by atoms with Crippen LogP contribution in [0.3, 0.4) is 0 Å². The SMILES string of the molecule is Cc1ccc(-c2cnc(CCC(=O)Oc3ccc(C#N)cc3)o2)cc1. The van der Waals surface area contributed by atoms with Gasteiger partial charge < -0.3 is 9.15 Å². The van der Waals surface area contributed by atoms with Crippen LogP contribution in [0.2, 0.25) is 0 Å². The van der Waals surface area contributed by atoms with Crippen molar-refractivity contribution in [3.63, 3.8) is 0 Å². The third-order valence-electron chi connectivity index (χ3n) is 3.65. The molecule has 3 rings (SSSR count). The van der Waals surface area contributed by atoms with Crippen molar-refractivity contribution in [3.05, 3.63) is 71.7 Å². The molecule has 5 nitrogen and oxygen atoms in total. The molecule has 0 radical (unpaired) electrons. The summed E-state index contributed by atoms with van der Waals surface area (Å²) in [6, 6.07) is 16.4. The quantitative estimate of drug-likeness (QED) is 0.520. The molecular formula is C20H16N2O3. The van der Waals surface area contributed by atoms with Gasteiger partial charge in [0, 0.05) is 12.0 Å². The predicted molar refractivity (Wildman–Crippen MR) is 91.8 cm³/mol. The lowest BCUT2D eigenvalue weighted by atomic mass is 10.1. The molecule has 3 aromatic rings. The maximum atomic E-state index is 11.9. The van der Waals surface area contributed by atoms with Gasteiger partial charge in [0.05, 0.1) is 24.3 Å². The van der Waals surface area contributed by atoms with Crippen LogP contribution < -0.4 is 4.74 Å². The molecule has 0 spiro atoms. The van der Waals surface area contributed by atoms with Gasteiger partial charge >= 0.3 is 5.97 Å². The number of hydrogen-bond acceptors (Lipinski definition) is 5. The highest BCUT2D eigenvalue weighted by molar-refractivity contribution is 5.72. The molecule has 0 fully saturated rings. The molecule has 2 aromatic carbocycles. The van der Waals surface area contributed by atoms with Crippen LogP contribution in [0.5, 0.6) is 5.75 Å². The molecule has 0 saturated carbocycles. The van der Waals surface area contributed by atoms with Gasteiger partial charge in [-0.15, -0.1) is 0 Å². The highest BCUT2D eigenvalue weighted by atomic mass is 16.5. The van der Waals surface area contributed by atoms with Crippen LogP contribution in [0.1, 0.15) is 23.4 Å². The number of oxazole rings is 1. The molecule has 0 N–H and O–H groups in total. The van der Waals surface area contributed by atoms with E-state index in [-0.39, 0.29) is 12.4 Å². The molecule has 25 heavy (non-hydrogen) atoms. The number of nitriles is 1. The van der Waals surface area contributed by atoms with Crippen molar-refractivity contribution in [2.45, 2.75) is 19.8 Å². The summed E-state index contributed by atoms with van der Waals surface area (Å²) in [6.07, 6.45) is 2.18. The highest BCUT2D eigenvalue weighted by Gasteiger charge is 2.10. The van der Waals surface area contributed by atoms with Crippen LogP contribution in [0, 0.1) is 18.3 Å². The average Bonchev–Trinajstić information content (AvgIpc) is 3.10. The second-order valence-electron chi connectivity index (χ2n) is 5.59. The molecule has 0 amide bonds. The molecule has 0 aliphatic rings. The molecule has 124 valence electrons. The lowest BCUT2D eigenvalue weighted by Gasteiger charge is -2.03. The number of carbonyl (C=O) groups excluding carboxylic acids is 1. The first-order valence-electron chi connectivity index (χ1n) is 7.86. The normalized spacial score (nSPS) is 10.2. The minimum atomic E-state index is -0.375. The summed E-state index contributed by atoms with van der Waals surface area (Å²) in [5, 5.41) is 8.74. The monoisotopic (exact) mass is 332 g/mol. The fourth-order valence-corrected chi connectivity index (χ4v) is 2.27. The minimum Gasteiger partial charge on any atom is -0.441 e. The van der Waals surface area contributed by atoms with Gasteiger partial charge in [0.1, 0.15) is 5.75 Å². The van der Waals surface area contributed by atoms with Crippen molar-refractivity contribution in [2.24, 2.45) is 0 Å². The van der Waals surface area contributed by atoms with E-state index < -0.39 is 0 Å². The summed E-state index contributed by atoms with van der Waals surface area (Å²) in [7, 11) is 0. The summed E-state index contributed by atoms with van der Waals surface area (Å²) in [6.45, 7) is 2.02. The lowest BCUT2D eigenvalue weighted by Crippen LogP contribution is -2.09. The first kappa shape index (κ1) is 16.5. The number of carbonyl (C=O) groups is 1. The van der Waals surface area contributed by atoms with E-state index in [9.17, 15) is 4.79 Å². The van der Waals surface area contributed by atoms with Gasteiger partial charge in [-0.1, -0.05) is 29.8 Å². The van der Waals surface area contributed by atoms with Crippen LogP contribution in [-0.2, 0) is 11.2 Å². The topological polar surface area (TPSA) is 76.1 Å². The Balaban J connectivity index is 1.55. The van der Waals surface area contributed by atoms with Crippen molar-refractivity contribution in [1.82, 2.24) is 4.98 Å². The first-order valence-corrected chi connectivity index (χ1v) is 7.86. The number of aromatic nitrogens is 1. The molecule has 1 aromatic heterocycles. The molecule has 0 aliphatic carbocycles. The number of ether oxygens (including phenoxy) is 1. The van der Waals surface area contributed by atoms with Gasteiger partial charge in [0.25, 0.3) is 0 Å². The number of nitrogens with zero attached hydrogens (tertiary/aromatic N) is 2. The second-order valence-corrected chi connectivity index (χ2v) is 5.59. The van der Waals surface area contributed by atoms with Crippen molar-refractivity contribution in [1.29, 1.82) is 5.26 Å². The Morgan fingerprint density at radius 1 is 1.16 bits per heavy atom. The summed E-state index contributed by atoms with van der Waals surface area (Å²) in [5.74, 6) is 1.21. The van der Waals surface area contributed by atoms with E-state index in [1.807, 2.05) is 37.3 Å². The Morgan fingerprint density at radius 3 is 2.56 bits per heavy atom. The molecule has 0 atom stereocenters. The standard InChI is InChI=1S/C20H16N2O3/c1-14-2-6-16(7-3-14)18-13-22-19(25-18)10-11-20(23)24-17-8-4-15(12-21)5-9-17/h2-9,13H,10-11H2,1H3. The summed E-state index contributed by atoms with van der Waals surface area (Å²) in [4.78, 5) is 16.1. The zero-order valence-corrected chi connectivity index (χ0v) is 13.7. The molecule has 0 bridgehead atoms. The van der Waals surface area contributed by atoms with Crippen molar-refractivity contribution in [3.8, 4) is 23.1 Å². The van der Waals surface area contributed by atoms with Crippen LogP contribution in [0.4, 0.5) is 0 Å². The largest absolute Gasteiger partial charge is 0.441 e. The molecule has 1 heterocycles. The number of aryl methyl sites for hydroxylation is 2. The van der Waals surface area contributed by atoms with E-state index in [0.717, 1.165) is 5.56 Å². The fraction of sp³-hybridized carbons (Fsp3) is 0.150. The zero-order valence-electron chi connectivity index (χ0n) is 13.7. The number of benzene rings is 2. The van der Waals surface area contributed by atoms with Crippen LogP contribution >= 0.6 is 0 Å². The second kappa shape index (κ2) is 7.45. The number of hydrogen-bond donors (Lipinski definition) is 0. The Labute approximate surface area is 145 Å². The van der Waals surface area contributed by atoms with Gasteiger partial charge in [0.15, 0.2) is 11.7 Å². The molecular weight excluding hydrogens is 316 g/mol. The highest BCUT2D eigenvalue weighted by Crippen LogP contribution is 2.21. The van der Waals surface area contributed by atoms with Crippen molar-refractivity contribution in [2.75, 3.05) is 0 Å². The van der Waals surface area contributed by atoms with Crippen LogP contribution in [-0.4, -0.2) is 11.0 Å². The molecule has 0 aliphatic heterocycles.